The first kappa shape index (κ1) is 27.4. The van der Waals surface area contributed by atoms with Crippen molar-refractivity contribution in [3.63, 3.8) is 0 Å². The molecule has 0 radical (unpaired) electrons. The summed E-state index contributed by atoms with van der Waals surface area (Å²) in [7, 11) is -1.31. The summed E-state index contributed by atoms with van der Waals surface area (Å²) < 4.78 is 16.0. The average Bonchev–Trinajstić information content (AvgIpc) is 2.54. The second-order valence-corrected chi connectivity index (χ2v) is 15.0. The van der Waals surface area contributed by atoms with Gasteiger partial charge in [-0.3, -0.25) is 4.79 Å². The van der Waals surface area contributed by atoms with Crippen molar-refractivity contribution in [1.29, 1.82) is 0 Å². The molecule has 0 aliphatic rings. The molecule has 2 atom stereocenters. The van der Waals surface area contributed by atoms with Gasteiger partial charge >= 0.3 is 12.1 Å². The third kappa shape index (κ3) is 15.0. The van der Waals surface area contributed by atoms with Crippen LogP contribution in [0.15, 0.2) is 0 Å². The summed E-state index contributed by atoms with van der Waals surface area (Å²) in [5.41, 5.74) is -0.693. The highest BCUT2D eigenvalue weighted by atomic mass is 28.3. The minimum absolute atomic E-state index is 0.0114. The Labute approximate surface area is 176 Å². The highest BCUT2D eigenvalue weighted by Crippen LogP contribution is 2.08. The van der Waals surface area contributed by atoms with E-state index in [0.717, 1.165) is 18.9 Å². The summed E-state index contributed by atoms with van der Waals surface area (Å²) in [6.45, 7) is 16.2. The number of carbonyl (C=O) groups is 3. The van der Waals surface area contributed by atoms with Crippen molar-refractivity contribution in [3.8, 4) is 0 Å². The van der Waals surface area contributed by atoms with Crippen LogP contribution in [0.1, 0.15) is 47.5 Å². The van der Waals surface area contributed by atoms with Crippen LogP contribution in [0.2, 0.25) is 25.7 Å². The van der Waals surface area contributed by atoms with E-state index in [0.29, 0.717) is 13.2 Å². The first-order valence-electron chi connectivity index (χ1n) is 10.3. The van der Waals surface area contributed by atoms with E-state index < -0.39 is 43.7 Å². The van der Waals surface area contributed by atoms with Gasteiger partial charge in [0.25, 0.3) is 0 Å². The van der Waals surface area contributed by atoms with Crippen molar-refractivity contribution in [3.05, 3.63) is 0 Å². The van der Waals surface area contributed by atoms with Crippen molar-refractivity contribution in [2.45, 2.75) is 90.8 Å². The van der Waals surface area contributed by atoms with Gasteiger partial charge in [0.1, 0.15) is 17.7 Å². The predicted molar refractivity (Wildman–Crippen MR) is 116 cm³/mol. The van der Waals surface area contributed by atoms with Crippen LogP contribution in [-0.4, -0.2) is 63.5 Å². The molecule has 0 saturated carbocycles. The van der Waals surface area contributed by atoms with Gasteiger partial charge in [-0.15, -0.1) is 0 Å². The minimum Gasteiger partial charge on any atom is -0.464 e. The monoisotopic (exact) mass is 432 g/mol. The van der Waals surface area contributed by atoms with Crippen LogP contribution >= 0.6 is 0 Å². The largest absolute Gasteiger partial charge is 0.464 e. The van der Waals surface area contributed by atoms with E-state index in [1.54, 1.807) is 27.7 Å². The molecule has 0 aromatic carbocycles. The fourth-order valence-electron chi connectivity index (χ4n) is 2.04. The highest BCUT2D eigenvalue weighted by molar-refractivity contribution is 6.76. The second-order valence-electron chi connectivity index (χ2n) is 9.34. The quantitative estimate of drug-likeness (QED) is 0.279. The molecule has 9 heteroatoms. The average molecular weight is 433 g/mol. The van der Waals surface area contributed by atoms with Crippen LogP contribution < -0.4 is 10.6 Å². The number of amides is 2. The third-order valence-corrected chi connectivity index (χ3v) is 5.45. The number of nitrogens with one attached hydrogen (secondary N) is 2. The number of rotatable bonds is 12. The Balaban J connectivity index is 4.77. The van der Waals surface area contributed by atoms with Crippen molar-refractivity contribution >= 4 is 26.0 Å². The lowest BCUT2D eigenvalue weighted by atomic mass is 10.2. The molecule has 0 fully saturated rings. The predicted octanol–water partition coefficient (Wildman–Crippen LogP) is 3.08. The van der Waals surface area contributed by atoms with Crippen LogP contribution in [0, 0.1) is 0 Å². The zero-order chi connectivity index (χ0) is 22.7. The standard InChI is InChI=1S/C20H40N2O6Si/c1-9-10-11-26-14-16(22-19(25)28-20(3,4)5)17(23)21-15(2)18(24)27-12-13-29(6,7)8/h15-16H,9-14H2,1-8H3,(H,21,23)(H,22,25)/t15-,16-/m1/s1. The molecule has 2 N–H and O–H groups in total. The zero-order valence-electron chi connectivity index (χ0n) is 19.3. The van der Waals surface area contributed by atoms with Gasteiger partial charge in [0, 0.05) is 14.7 Å². The Kier molecular flexibility index (Phi) is 12.1. The molecule has 0 aliphatic carbocycles. The molecule has 8 nitrogen and oxygen atoms in total. The fraction of sp³-hybridized carbons (Fsp3) is 0.850. The molecule has 0 unspecified atom stereocenters. The van der Waals surface area contributed by atoms with Gasteiger partial charge in [-0.1, -0.05) is 33.0 Å². The van der Waals surface area contributed by atoms with Crippen molar-refractivity contribution in [1.82, 2.24) is 10.6 Å². The van der Waals surface area contributed by atoms with Gasteiger partial charge in [-0.05, 0) is 40.2 Å². The van der Waals surface area contributed by atoms with Gasteiger partial charge < -0.3 is 24.8 Å². The molecular weight excluding hydrogens is 392 g/mol. The maximum Gasteiger partial charge on any atom is 0.408 e. The Morgan fingerprint density at radius 2 is 1.66 bits per heavy atom. The first-order chi connectivity index (χ1) is 13.2. The number of ether oxygens (including phenoxy) is 3. The normalized spacial score (nSPS) is 13.9. The van der Waals surface area contributed by atoms with Crippen LogP contribution in [0.5, 0.6) is 0 Å². The maximum atomic E-state index is 12.6. The van der Waals surface area contributed by atoms with Crippen molar-refractivity contribution < 1.29 is 28.6 Å². The first-order valence-corrected chi connectivity index (χ1v) is 14.0. The fourth-order valence-corrected chi connectivity index (χ4v) is 2.75. The lowest BCUT2D eigenvalue weighted by Crippen LogP contribution is -2.53. The van der Waals surface area contributed by atoms with E-state index in [4.69, 9.17) is 14.2 Å². The van der Waals surface area contributed by atoms with E-state index in [9.17, 15) is 14.4 Å². The number of carbonyl (C=O) groups excluding carboxylic acids is 3. The van der Waals surface area contributed by atoms with Gasteiger partial charge in [-0.2, -0.15) is 0 Å². The second kappa shape index (κ2) is 12.8. The zero-order valence-corrected chi connectivity index (χ0v) is 20.3. The molecule has 0 rings (SSSR count). The van der Waals surface area contributed by atoms with Crippen LogP contribution in [0.3, 0.4) is 0 Å². The third-order valence-electron chi connectivity index (χ3n) is 3.74. The Morgan fingerprint density at radius 1 is 1.03 bits per heavy atom. The molecule has 0 aliphatic heterocycles. The molecule has 0 aromatic heterocycles. The lowest BCUT2D eigenvalue weighted by Gasteiger charge is -2.24. The molecule has 0 spiro atoms. The van der Waals surface area contributed by atoms with Crippen molar-refractivity contribution in [2.24, 2.45) is 0 Å². The summed E-state index contributed by atoms with van der Waals surface area (Å²) in [6, 6.07) is -0.949. The molecule has 0 bridgehead atoms. The number of hydrogen-bond donors (Lipinski definition) is 2. The van der Waals surface area contributed by atoms with E-state index in [-0.39, 0.29) is 6.61 Å². The van der Waals surface area contributed by atoms with Crippen LogP contribution in [0.4, 0.5) is 4.79 Å². The summed E-state index contributed by atoms with van der Waals surface area (Å²) in [5.74, 6) is -1.03. The molecular formula is C20H40N2O6Si. The highest BCUT2D eigenvalue weighted by Gasteiger charge is 2.27. The van der Waals surface area contributed by atoms with Gasteiger partial charge in [0.15, 0.2) is 0 Å². The Bertz CT molecular complexity index is 528. The molecule has 2 amide bonds. The molecule has 0 saturated heterocycles. The minimum atomic E-state index is -1.31. The van der Waals surface area contributed by atoms with Gasteiger partial charge in [0.2, 0.25) is 5.91 Å². The molecule has 0 aromatic rings. The number of esters is 1. The lowest BCUT2D eigenvalue weighted by molar-refractivity contribution is -0.147. The Morgan fingerprint density at radius 3 is 2.17 bits per heavy atom. The molecule has 170 valence electrons. The van der Waals surface area contributed by atoms with E-state index in [1.807, 2.05) is 6.92 Å². The Hall–Kier alpha value is -1.61. The topological polar surface area (TPSA) is 103 Å². The SMILES string of the molecule is CCCCOC[C@@H](NC(=O)OC(C)(C)C)C(=O)N[C@H](C)C(=O)OCC[Si](C)(C)C. The van der Waals surface area contributed by atoms with E-state index in [1.165, 1.54) is 0 Å². The number of hydrogen-bond acceptors (Lipinski definition) is 6. The van der Waals surface area contributed by atoms with Crippen molar-refractivity contribution in [2.75, 3.05) is 19.8 Å². The van der Waals surface area contributed by atoms with Gasteiger partial charge in [0.05, 0.1) is 13.2 Å². The summed E-state index contributed by atoms with van der Waals surface area (Å²) in [4.78, 5) is 36.8. The van der Waals surface area contributed by atoms with Gasteiger partial charge in [-0.25, -0.2) is 9.59 Å². The summed E-state index contributed by atoms with van der Waals surface area (Å²) in [5, 5.41) is 5.10. The molecule has 29 heavy (non-hydrogen) atoms. The molecule has 0 heterocycles. The van der Waals surface area contributed by atoms with Crippen LogP contribution in [-0.2, 0) is 23.8 Å². The summed E-state index contributed by atoms with van der Waals surface area (Å²) >= 11 is 0. The number of alkyl carbamates (subject to hydrolysis) is 1. The number of unbranched alkanes of at least 4 members (excludes halogenated alkanes) is 1. The maximum absolute atomic E-state index is 12.6. The smallest absolute Gasteiger partial charge is 0.408 e. The van der Waals surface area contributed by atoms with E-state index >= 15 is 0 Å². The van der Waals surface area contributed by atoms with E-state index in [2.05, 4.69) is 30.3 Å². The summed E-state index contributed by atoms with van der Waals surface area (Å²) in [6.07, 6.45) is 1.08. The van der Waals surface area contributed by atoms with Crippen LogP contribution in [0.25, 0.3) is 0 Å².